The van der Waals surface area contributed by atoms with Crippen molar-refractivity contribution in [3.05, 3.63) is 23.9 Å². The molecule has 0 unspecified atom stereocenters. The summed E-state index contributed by atoms with van der Waals surface area (Å²) in [6, 6.07) is 3.60. The molecular weight excluding hydrogens is 324 g/mol. The van der Waals surface area contributed by atoms with E-state index in [2.05, 4.69) is 9.88 Å². The summed E-state index contributed by atoms with van der Waals surface area (Å²) in [6.07, 6.45) is 1.39. The molecule has 2 saturated heterocycles. The second kappa shape index (κ2) is 8.15. The second-order valence-corrected chi connectivity index (χ2v) is 5.95. The maximum Gasteiger partial charge on any atom is 0.409 e. The highest BCUT2D eigenvalue weighted by Gasteiger charge is 2.28. The smallest absolute Gasteiger partial charge is 0.409 e. The molecule has 1 aromatic rings. The largest absolute Gasteiger partial charge is 0.450 e. The average Bonchev–Trinajstić information content (AvgIpc) is 2.68. The molecule has 0 aromatic carbocycles. The van der Waals surface area contributed by atoms with E-state index in [-0.39, 0.29) is 12.0 Å². The molecule has 0 radical (unpaired) electrons. The van der Waals surface area contributed by atoms with Gasteiger partial charge in [0.1, 0.15) is 5.82 Å². The van der Waals surface area contributed by atoms with E-state index < -0.39 is 0 Å². The Balaban J connectivity index is 1.67. The molecule has 1 aromatic heterocycles. The van der Waals surface area contributed by atoms with Crippen LogP contribution in [0.15, 0.2) is 18.3 Å². The number of amides is 2. The summed E-state index contributed by atoms with van der Waals surface area (Å²) in [7, 11) is 0. The third-order valence-electron chi connectivity index (χ3n) is 4.42. The third kappa shape index (κ3) is 4.01. The lowest BCUT2D eigenvalue weighted by molar-refractivity contribution is 0.0570. The van der Waals surface area contributed by atoms with Crippen LogP contribution in [0.3, 0.4) is 0 Å². The minimum absolute atomic E-state index is 0.0434. The number of carbonyl (C=O) groups is 2. The van der Waals surface area contributed by atoms with Gasteiger partial charge in [-0.2, -0.15) is 0 Å². The number of pyridine rings is 1. The molecule has 2 amide bonds. The summed E-state index contributed by atoms with van der Waals surface area (Å²) in [4.78, 5) is 34.7. The number of hydrogen-bond acceptors (Lipinski definition) is 6. The van der Waals surface area contributed by atoms with Crippen molar-refractivity contribution in [3.8, 4) is 0 Å². The zero-order chi connectivity index (χ0) is 17.6. The summed E-state index contributed by atoms with van der Waals surface area (Å²) < 4.78 is 10.4. The molecule has 8 heteroatoms. The first-order chi connectivity index (χ1) is 12.2. The predicted molar refractivity (Wildman–Crippen MR) is 91.8 cm³/mol. The monoisotopic (exact) mass is 348 g/mol. The van der Waals surface area contributed by atoms with E-state index >= 15 is 0 Å². The molecular formula is C17H24N4O4. The van der Waals surface area contributed by atoms with Gasteiger partial charge in [-0.3, -0.25) is 4.79 Å². The van der Waals surface area contributed by atoms with Crippen LogP contribution < -0.4 is 4.90 Å². The van der Waals surface area contributed by atoms with E-state index in [1.165, 1.54) is 0 Å². The van der Waals surface area contributed by atoms with Crippen LogP contribution in [0, 0.1) is 0 Å². The van der Waals surface area contributed by atoms with Gasteiger partial charge in [-0.25, -0.2) is 9.78 Å². The van der Waals surface area contributed by atoms with Crippen LogP contribution in [0.25, 0.3) is 0 Å². The van der Waals surface area contributed by atoms with E-state index in [0.29, 0.717) is 57.4 Å². The van der Waals surface area contributed by atoms with Gasteiger partial charge in [0.25, 0.3) is 5.91 Å². The van der Waals surface area contributed by atoms with Gasteiger partial charge in [0.05, 0.1) is 25.4 Å². The van der Waals surface area contributed by atoms with Crippen molar-refractivity contribution < 1.29 is 19.1 Å². The van der Waals surface area contributed by atoms with Gasteiger partial charge in [-0.15, -0.1) is 0 Å². The molecule has 25 heavy (non-hydrogen) atoms. The number of carbonyl (C=O) groups excluding carboxylic acids is 2. The first-order valence-corrected chi connectivity index (χ1v) is 8.69. The van der Waals surface area contributed by atoms with Crippen molar-refractivity contribution in [2.24, 2.45) is 0 Å². The number of nitrogens with zero attached hydrogens (tertiary/aromatic N) is 4. The topological polar surface area (TPSA) is 75.2 Å². The minimum atomic E-state index is -0.315. The number of anilines is 1. The van der Waals surface area contributed by atoms with Crippen LogP contribution in [-0.2, 0) is 9.47 Å². The molecule has 0 N–H and O–H groups in total. The van der Waals surface area contributed by atoms with Crippen molar-refractivity contribution in [2.45, 2.75) is 6.92 Å². The average molecular weight is 348 g/mol. The van der Waals surface area contributed by atoms with Crippen LogP contribution in [0.1, 0.15) is 17.3 Å². The molecule has 0 saturated carbocycles. The Morgan fingerprint density at radius 2 is 1.80 bits per heavy atom. The van der Waals surface area contributed by atoms with E-state index in [0.717, 1.165) is 13.1 Å². The quantitative estimate of drug-likeness (QED) is 0.806. The maximum atomic E-state index is 13.0. The predicted octanol–water partition coefficient (Wildman–Crippen LogP) is 0.833. The number of rotatable bonds is 3. The van der Waals surface area contributed by atoms with Gasteiger partial charge in [0.2, 0.25) is 0 Å². The van der Waals surface area contributed by atoms with Crippen LogP contribution in [-0.4, -0.2) is 85.9 Å². The van der Waals surface area contributed by atoms with Gasteiger partial charge in [-0.05, 0) is 19.1 Å². The fraction of sp³-hybridized carbons (Fsp3) is 0.588. The van der Waals surface area contributed by atoms with Crippen molar-refractivity contribution >= 4 is 17.8 Å². The normalized spacial score (nSPS) is 18.2. The molecule has 2 fully saturated rings. The van der Waals surface area contributed by atoms with Crippen LogP contribution >= 0.6 is 0 Å². The highest BCUT2D eigenvalue weighted by molar-refractivity contribution is 5.99. The summed E-state index contributed by atoms with van der Waals surface area (Å²) in [5.74, 6) is 0.668. The zero-order valence-corrected chi connectivity index (χ0v) is 14.5. The van der Waals surface area contributed by atoms with Gasteiger partial charge >= 0.3 is 6.09 Å². The fourth-order valence-electron chi connectivity index (χ4n) is 3.07. The van der Waals surface area contributed by atoms with Crippen molar-refractivity contribution in [1.29, 1.82) is 0 Å². The Kier molecular flexibility index (Phi) is 5.70. The lowest BCUT2D eigenvalue weighted by Gasteiger charge is -2.35. The molecule has 8 nitrogen and oxygen atoms in total. The molecule has 2 aliphatic rings. The van der Waals surface area contributed by atoms with Crippen molar-refractivity contribution in [3.63, 3.8) is 0 Å². The molecule has 3 rings (SSSR count). The van der Waals surface area contributed by atoms with Gasteiger partial charge in [0, 0.05) is 45.5 Å². The highest BCUT2D eigenvalue weighted by Crippen LogP contribution is 2.21. The Morgan fingerprint density at radius 1 is 1.12 bits per heavy atom. The lowest BCUT2D eigenvalue weighted by Crippen LogP contribution is -2.51. The summed E-state index contributed by atoms with van der Waals surface area (Å²) in [5, 5.41) is 0. The Hall–Kier alpha value is -2.35. The van der Waals surface area contributed by atoms with E-state index in [9.17, 15) is 9.59 Å². The molecule has 0 aliphatic carbocycles. The molecule has 3 heterocycles. The van der Waals surface area contributed by atoms with Crippen molar-refractivity contribution in [2.75, 3.05) is 64.0 Å². The third-order valence-corrected chi connectivity index (χ3v) is 4.42. The molecule has 0 spiro atoms. The molecule has 136 valence electrons. The van der Waals surface area contributed by atoms with E-state index in [1.54, 1.807) is 29.0 Å². The second-order valence-electron chi connectivity index (χ2n) is 5.95. The van der Waals surface area contributed by atoms with Crippen LogP contribution in [0.5, 0.6) is 0 Å². The van der Waals surface area contributed by atoms with E-state index in [1.807, 2.05) is 6.07 Å². The lowest BCUT2D eigenvalue weighted by atomic mass is 10.2. The Bertz CT molecular complexity index is 610. The standard InChI is InChI=1S/C17H24N4O4/c1-2-25-17(23)21-8-6-20(7-9-21)16(22)14-4-3-5-18-15(14)19-10-12-24-13-11-19/h3-5H,2,6-13H2,1H3. The number of ether oxygens (including phenoxy) is 2. The number of piperazine rings is 1. The number of aromatic nitrogens is 1. The zero-order valence-electron chi connectivity index (χ0n) is 14.5. The maximum absolute atomic E-state index is 13.0. The summed E-state index contributed by atoms with van der Waals surface area (Å²) in [5.41, 5.74) is 0.606. The first-order valence-electron chi connectivity index (χ1n) is 8.69. The summed E-state index contributed by atoms with van der Waals surface area (Å²) >= 11 is 0. The fourth-order valence-corrected chi connectivity index (χ4v) is 3.07. The SMILES string of the molecule is CCOC(=O)N1CCN(C(=O)c2cccnc2N2CCOCC2)CC1. The van der Waals surface area contributed by atoms with Crippen LogP contribution in [0.4, 0.5) is 10.6 Å². The van der Waals surface area contributed by atoms with Gasteiger partial charge in [-0.1, -0.05) is 0 Å². The number of morpholine rings is 1. The number of hydrogen-bond donors (Lipinski definition) is 0. The van der Waals surface area contributed by atoms with Crippen LogP contribution in [0.2, 0.25) is 0 Å². The molecule has 0 atom stereocenters. The Labute approximate surface area is 147 Å². The first kappa shape index (κ1) is 17.5. The molecule has 2 aliphatic heterocycles. The van der Waals surface area contributed by atoms with Gasteiger partial charge in [0.15, 0.2) is 0 Å². The minimum Gasteiger partial charge on any atom is -0.450 e. The summed E-state index contributed by atoms with van der Waals surface area (Å²) in [6.45, 7) is 6.84. The highest BCUT2D eigenvalue weighted by atomic mass is 16.6. The Morgan fingerprint density at radius 3 is 2.48 bits per heavy atom. The van der Waals surface area contributed by atoms with E-state index in [4.69, 9.17) is 9.47 Å². The van der Waals surface area contributed by atoms with Gasteiger partial charge < -0.3 is 24.2 Å². The van der Waals surface area contributed by atoms with Crippen molar-refractivity contribution in [1.82, 2.24) is 14.8 Å². The molecule has 0 bridgehead atoms.